The van der Waals surface area contributed by atoms with E-state index >= 15 is 8.78 Å². The molecular formula is C35H39F5O3. The Morgan fingerprint density at radius 3 is 2.23 bits per heavy atom. The van der Waals surface area contributed by atoms with Gasteiger partial charge in [-0.05, 0) is 96.6 Å². The number of carbonyl (C=O) groups excluding carboxylic acids is 1. The molecule has 1 spiro atoms. The Kier molecular flexibility index (Phi) is 7.10. The summed E-state index contributed by atoms with van der Waals surface area (Å²) in [5.74, 6) is -1.11. The summed E-state index contributed by atoms with van der Waals surface area (Å²) in [6.07, 6.45) is 0.134. The summed E-state index contributed by atoms with van der Waals surface area (Å²) in [4.78, 5) is 10.7. The van der Waals surface area contributed by atoms with Crippen molar-refractivity contribution in [1.29, 1.82) is 0 Å². The van der Waals surface area contributed by atoms with Crippen LogP contribution in [0.4, 0.5) is 22.0 Å². The van der Waals surface area contributed by atoms with Crippen LogP contribution in [0.25, 0.3) is 0 Å². The number of alkyl halides is 5. The second-order valence-electron chi connectivity index (χ2n) is 14.5. The maximum atomic E-state index is 15.5. The molecule has 1 aromatic carbocycles. The quantitative estimate of drug-likeness (QED) is 0.193. The second kappa shape index (κ2) is 10.0. The second-order valence-corrected chi connectivity index (χ2v) is 14.5. The van der Waals surface area contributed by atoms with Gasteiger partial charge in [0.15, 0.2) is 12.1 Å². The lowest BCUT2D eigenvalue weighted by molar-refractivity contribution is -0.341. The van der Waals surface area contributed by atoms with Crippen molar-refractivity contribution in [2.45, 2.75) is 96.4 Å². The maximum absolute atomic E-state index is 15.5. The van der Waals surface area contributed by atoms with E-state index in [2.05, 4.69) is 31.8 Å². The normalized spacial score (nSPS) is 34.8. The Bertz CT molecular complexity index is 1420. The predicted molar refractivity (Wildman–Crippen MR) is 152 cm³/mol. The molecule has 0 N–H and O–H groups in total. The Hall–Kier alpha value is -2.50. The van der Waals surface area contributed by atoms with Crippen LogP contribution in [0, 0.1) is 39.9 Å². The fraction of sp³-hybridized carbons (Fsp3) is 0.629. The molecule has 2 saturated carbocycles. The zero-order chi connectivity index (χ0) is 31.1. The Morgan fingerprint density at radius 1 is 0.930 bits per heavy atom. The first kappa shape index (κ1) is 30.5. The van der Waals surface area contributed by atoms with Gasteiger partial charge in [0, 0.05) is 28.7 Å². The van der Waals surface area contributed by atoms with Gasteiger partial charge in [-0.25, -0.2) is 0 Å². The molecule has 8 heteroatoms. The van der Waals surface area contributed by atoms with E-state index in [-0.39, 0.29) is 36.0 Å². The fourth-order valence-corrected chi connectivity index (χ4v) is 9.01. The Balaban J connectivity index is 1.46. The van der Waals surface area contributed by atoms with Gasteiger partial charge in [0.25, 0.3) is 0 Å². The third-order valence-electron chi connectivity index (χ3n) is 11.6. The summed E-state index contributed by atoms with van der Waals surface area (Å²) >= 11 is 0. The van der Waals surface area contributed by atoms with Crippen LogP contribution in [0.5, 0.6) is 0 Å². The minimum atomic E-state index is -5.62. The highest BCUT2D eigenvalue weighted by Gasteiger charge is 2.77. The molecule has 2 unspecified atom stereocenters. The highest BCUT2D eigenvalue weighted by molar-refractivity contribution is 5.74. The van der Waals surface area contributed by atoms with Crippen molar-refractivity contribution in [3.05, 3.63) is 58.2 Å². The van der Waals surface area contributed by atoms with Crippen molar-refractivity contribution in [3.63, 3.8) is 0 Å². The number of allylic oxidation sites excluding steroid dienone is 3. The maximum Gasteiger partial charge on any atom is 0.453 e. The van der Waals surface area contributed by atoms with Gasteiger partial charge in [-0.3, -0.25) is 4.79 Å². The van der Waals surface area contributed by atoms with Gasteiger partial charge in [-0.15, -0.1) is 0 Å². The van der Waals surface area contributed by atoms with E-state index in [1.807, 2.05) is 12.1 Å². The van der Waals surface area contributed by atoms with Crippen molar-refractivity contribution in [2.24, 2.45) is 28.1 Å². The molecule has 1 heterocycles. The first-order chi connectivity index (χ1) is 20.1. The van der Waals surface area contributed by atoms with E-state index in [1.54, 1.807) is 19.1 Å². The fourth-order valence-electron chi connectivity index (χ4n) is 9.01. The van der Waals surface area contributed by atoms with Crippen molar-refractivity contribution >= 4 is 6.29 Å². The van der Waals surface area contributed by atoms with Gasteiger partial charge in [-0.2, -0.15) is 22.0 Å². The molecule has 3 fully saturated rings. The molecule has 232 valence electrons. The molecule has 1 saturated heterocycles. The number of hydrogen-bond donors (Lipinski definition) is 0. The SMILES string of the molecule is CC1(C)COC2(C=C3CCC4C(=C3CC2)[C@@H](c2ccc(C#CC=O)cc2)C[C@@]2(C)C4CC[C@@]2(C)C(F)(F)C(F)(F)F)OC1. The molecule has 4 aliphatic carbocycles. The van der Waals surface area contributed by atoms with Crippen molar-refractivity contribution in [1.82, 2.24) is 0 Å². The van der Waals surface area contributed by atoms with Crippen LogP contribution in [0.15, 0.2) is 47.1 Å². The predicted octanol–water partition coefficient (Wildman–Crippen LogP) is 8.54. The number of hydrogen-bond acceptors (Lipinski definition) is 3. The average molecular weight is 603 g/mol. The lowest BCUT2D eigenvalue weighted by atomic mass is 9.48. The number of halogens is 5. The molecule has 1 aromatic rings. The summed E-state index contributed by atoms with van der Waals surface area (Å²) in [6, 6.07) is 7.36. The average Bonchev–Trinajstić information content (AvgIpc) is 3.24. The van der Waals surface area contributed by atoms with Gasteiger partial charge >= 0.3 is 12.1 Å². The van der Waals surface area contributed by atoms with Gasteiger partial charge in [0.2, 0.25) is 0 Å². The molecule has 3 nitrogen and oxygen atoms in total. The third-order valence-corrected chi connectivity index (χ3v) is 11.6. The molecule has 1 aliphatic heterocycles. The standard InChI is InChI=1S/C35H39F5O3/c1-30(2)20-42-33(43-21-30)16-13-25-24(18-33)11-12-26-28-14-15-32(4,34(36,37)35(38,39)40)31(28,3)19-27(29(25)26)23-9-7-22(8-10-23)6-5-17-41/h7-10,17-18,26-28H,11-16,19-21H2,1-4H3/t26?,27-,28?,31+,32-/m1/s1. The van der Waals surface area contributed by atoms with E-state index in [0.717, 1.165) is 11.1 Å². The van der Waals surface area contributed by atoms with Gasteiger partial charge < -0.3 is 9.47 Å². The summed E-state index contributed by atoms with van der Waals surface area (Å²) in [6.45, 7) is 8.23. The van der Waals surface area contributed by atoms with E-state index in [4.69, 9.17) is 9.47 Å². The first-order valence-corrected chi connectivity index (χ1v) is 15.3. The Morgan fingerprint density at radius 2 is 1.60 bits per heavy atom. The zero-order valence-electron chi connectivity index (χ0n) is 25.2. The Labute approximate surface area is 250 Å². The van der Waals surface area contributed by atoms with Crippen LogP contribution in [0.3, 0.4) is 0 Å². The summed E-state index contributed by atoms with van der Waals surface area (Å²) < 4.78 is 85.5. The summed E-state index contributed by atoms with van der Waals surface area (Å²) in [5, 5.41) is 0. The van der Waals surface area contributed by atoms with Crippen LogP contribution in [0.1, 0.15) is 89.7 Å². The van der Waals surface area contributed by atoms with Gasteiger partial charge in [0.1, 0.15) is 0 Å². The minimum Gasteiger partial charge on any atom is -0.346 e. The van der Waals surface area contributed by atoms with Gasteiger partial charge in [0.05, 0.1) is 13.2 Å². The number of fused-ring (bicyclic) bond motifs is 4. The monoisotopic (exact) mass is 602 g/mol. The lowest BCUT2D eigenvalue weighted by Crippen LogP contribution is -2.59. The van der Waals surface area contributed by atoms with Crippen LogP contribution in [0.2, 0.25) is 0 Å². The van der Waals surface area contributed by atoms with Crippen molar-refractivity contribution in [2.75, 3.05) is 13.2 Å². The van der Waals surface area contributed by atoms with Crippen molar-refractivity contribution in [3.8, 4) is 11.8 Å². The summed E-state index contributed by atoms with van der Waals surface area (Å²) in [7, 11) is 0. The molecular weight excluding hydrogens is 563 g/mol. The molecule has 43 heavy (non-hydrogen) atoms. The van der Waals surface area contributed by atoms with Crippen LogP contribution in [-0.2, 0) is 14.3 Å². The van der Waals surface area contributed by atoms with Crippen molar-refractivity contribution < 1.29 is 36.2 Å². The number of benzene rings is 1. The van der Waals surface area contributed by atoms with E-state index in [0.29, 0.717) is 57.2 Å². The summed E-state index contributed by atoms with van der Waals surface area (Å²) in [5.41, 5.74) is 1.52. The molecule has 0 bridgehead atoms. The third kappa shape index (κ3) is 4.63. The van der Waals surface area contributed by atoms with Crippen LogP contribution in [-0.4, -0.2) is 37.4 Å². The van der Waals surface area contributed by atoms with Crippen LogP contribution < -0.4 is 0 Å². The lowest BCUT2D eigenvalue weighted by Gasteiger charge is -2.57. The number of ether oxygens (including phenoxy) is 2. The smallest absolute Gasteiger partial charge is 0.346 e. The first-order valence-electron chi connectivity index (χ1n) is 15.3. The number of carbonyl (C=O) groups is 1. The molecule has 6 rings (SSSR count). The highest BCUT2D eigenvalue weighted by atomic mass is 19.4. The van der Waals surface area contributed by atoms with E-state index in [1.165, 1.54) is 18.1 Å². The molecule has 0 amide bonds. The van der Waals surface area contributed by atoms with Gasteiger partial charge in [-0.1, -0.05) is 51.3 Å². The molecule has 0 aromatic heterocycles. The number of rotatable bonds is 2. The van der Waals surface area contributed by atoms with E-state index in [9.17, 15) is 18.0 Å². The highest BCUT2D eigenvalue weighted by Crippen LogP contribution is 2.74. The topological polar surface area (TPSA) is 35.5 Å². The largest absolute Gasteiger partial charge is 0.453 e. The molecule has 5 atom stereocenters. The van der Waals surface area contributed by atoms with E-state index < -0.39 is 28.7 Å². The number of aldehydes is 1. The molecule has 5 aliphatic rings. The minimum absolute atomic E-state index is 0.0745. The zero-order valence-corrected chi connectivity index (χ0v) is 25.2. The van der Waals surface area contributed by atoms with Crippen LogP contribution >= 0.6 is 0 Å². The molecule has 0 radical (unpaired) electrons.